The monoisotopic (exact) mass is 362 g/mol. The van der Waals surface area contributed by atoms with Crippen molar-refractivity contribution < 1.29 is 12.9 Å². The van der Waals surface area contributed by atoms with Crippen molar-refractivity contribution in [2.75, 3.05) is 6.54 Å². The Kier molecular flexibility index (Phi) is 5.29. The molecule has 6 heteroatoms. The van der Waals surface area contributed by atoms with Gasteiger partial charge in [0.15, 0.2) is 0 Å². The van der Waals surface area contributed by atoms with Crippen LogP contribution in [0, 0.1) is 0 Å². The number of aryl methyl sites for hydroxylation is 1. The van der Waals surface area contributed by atoms with Gasteiger partial charge in [0.1, 0.15) is 11.5 Å². The molecule has 0 radical (unpaired) electrons. The fourth-order valence-corrected chi connectivity index (χ4v) is 5.00. The van der Waals surface area contributed by atoms with Gasteiger partial charge < -0.3 is 4.52 Å². The fraction of sp³-hybridized carbons (Fsp3) is 0.526. The lowest BCUT2D eigenvalue weighted by molar-refractivity contribution is 0.343. The zero-order valence-corrected chi connectivity index (χ0v) is 15.9. The molecule has 0 bridgehead atoms. The maximum Gasteiger partial charge on any atom is 0.243 e. The van der Waals surface area contributed by atoms with Crippen molar-refractivity contribution in [2.45, 2.75) is 63.3 Å². The molecule has 0 amide bonds. The van der Waals surface area contributed by atoms with E-state index in [9.17, 15) is 8.42 Å². The molecule has 1 aliphatic heterocycles. The summed E-state index contributed by atoms with van der Waals surface area (Å²) in [7, 11) is -3.53. The van der Waals surface area contributed by atoms with Crippen LogP contribution >= 0.6 is 0 Å². The fourth-order valence-electron chi connectivity index (χ4n) is 3.33. The van der Waals surface area contributed by atoms with Gasteiger partial charge in [-0.3, -0.25) is 0 Å². The van der Waals surface area contributed by atoms with Gasteiger partial charge in [-0.2, -0.15) is 4.31 Å². The van der Waals surface area contributed by atoms with Crippen molar-refractivity contribution in [3.63, 3.8) is 0 Å². The molecule has 25 heavy (non-hydrogen) atoms. The Morgan fingerprint density at radius 1 is 1.28 bits per heavy atom. The van der Waals surface area contributed by atoms with Gasteiger partial charge >= 0.3 is 0 Å². The lowest BCUT2D eigenvalue weighted by atomic mass is 10.0. The minimum absolute atomic E-state index is 0.232. The summed E-state index contributed by atoms with van der Waals surface area (Å²) >= 11 is 0. The molecule has 1 fully saturated rings. The summed E-state index contributed by atoms with van der Waals surface area (Å²) in [6.07, 6.45) is 3.41. The Hall–Kier alpha value is -1.66. The predicted octanol–water partition coefficient (Wildman–Crippen LogP) is 4.28. The van der Waals surface area contributed by atoms with Crippen LogP contribution in [0.2, 0.25) is 0 Å². The van der Waals surface area contributed by atoms with Gasteiger partial charge in [0.2, 0.25) is 10.0 Å². The Morgan fingerprint density at radius 3 is 2.64 bits per heavy atom. The van der Waals surface area contributed by atoms with Crippen molar-refractivity contribution in [2.24, 2.45) is 0 Å². The zero-order valence-electron chi connectivity index (χ0n) is 15.1. The summed E-state index contributed by atoms with van der Waals surface area (Å²) in [6.45, 7) is 6.79. The first-order valence-corrected chi connectivity index (χ1v) is 10.4. The average Bonchev–Trinajstić information content (AvgIpc) is 3.24. The number of aromatic nitrogens is 1. The van der Waals surface area contributed by atoms with E-state index in [1.807, 2.05) is 18.2 Å². The highest BCUT2D eigenvalue weighted by molar-refractivity contribution is 7.89. The van der Waals surface area contributed by atoms with E-state index < -0.39 is 10.0 Å². The van der Waals surface area contributed by atoms with Crippen molar-refractivity contribution in [1.82, 2.24) is 9.46 Å². The Morgan fingerprint density at radius 2 is 2.00 bits per heavy atom. The molecule has 2 heterocycles. The van der Waals surface area contributed by atoms with E-state index in [1.54, 1.807) is 16.4 Å². The first kappa shape index (κ1) is 18.1. The van der Waals surface area contributed by atoms with Crippen molar-refractivity contribution >= 4 is 10.0 Å². The first-order valence-electron chi connectivity index (χ1n) is 9.00. The molecule has 0 aliphatic carbocycles. The smallest absolute Gasteiger partial charge is 0.243 e. The number of rotatable bonds is 6. The van der Waals surface area contributed by atoms with E-state index in [1.165, 1.54) is 0 Å². The number of hydrogen-bond acceptors (Lipinski definition) is 4. The summed E-state index contributed by atoms with van der Waals surface area (Å²) in [4.78, 5) is 0.348. The SMILES string of the molecule is CCCc1cc(C2CCCN2S(=O)(=O)c2ccc(C(C)C)cc2)no1. The lowest BCUT2D eigenvalue weighted by Crippen LogP contribution is -2.30. The number of benzene rings is 1. The summed E-state index contributed by atoms with van der Waals surface area (Å²) in [6, 6.07) is 8.90. The molecule has 1 aromatic carbocycles. The van der Waals surface area contributed by atoms with Gasteiger partial charge in [0.25, 0.3) is 0 Å². The summed E-state index contributed by atoms with van der Waals surface area (Å²) in [5.41, 5.74) is 1.86. The van der Waals surface area contributed by atoms with Crippen LogP contribution in [0.1, 0.15) is 69.0 Å². The van der Waals surface area contributed by atoms with Crippen LogP contribution in [0.4, 0.5) is 0 Å². The number of hydrogen-bond donors (Lipinski definition) is 0. The quantitative estimate of drug-likeness (QED) is 0.769. The number of nitrogens with zero attached hydrogens (tertiary/aromatic N) is 2. The Bertz CT molecular complexity index is 809. The standard InChI is InChI=1S/C19H26N2O3S/c1-4-6-16-13-18(20-24-16)19-7-5-12-21(19)25(22,23)17-10-8-15(9-11-17)14(2)3/h8-11,13-14,19H,4-7,12H2,1-3H3. The third-order valence-electron chi connectivity index (χ3n) is 4.77. The van der Waals surface area contributed by atoms with Crippen LogP contribution in [0.5, 0.6) is 0 Å². The molecule has 3 rings (SSSR count). The van der Waals surface area contributed by atoms with Crippen molar-refractivity contribution in [3.8, 4) is 0 Å². The molecule has 1 unspecified atom stereocenters. The predicted molar refractivity (Wildman–Crippen MR) is 96.9 cm³/mol. The van der Waals surface area contributed by atoms with E-state index in [0.29, 0.717) is 17.4 Å². The van der Waals surface area contributed by atoms with E-state index in [-0.39, 0.29) is 6.04 Å². The third-order valence-corrected chi connectivity index (χ3v) is 6.69. The lowest BCUT2D eigenvalue weighted by Gasteiger charge is -2.22. The van der Waals surface area contributed by atoms with Crippen LogP contribution in [-0.4, -0.2) is 24.4 Å². The van der Waals surface area contributed by atoms with E-state index in [4.69, 9.17) is 4.52 Å². The van der Waals surface area contributed by atoms with E-state index >= 15 is 0 Å². The summed E-state index contributed by atoms with van der Waals surface area (Å²) in [5.74, 6) is 1.20. The van der Waals surface area contributed by atoms with Gasteiger partial charge in [-0.1, -0.05) is 38.1 Å². The topological polar surface area (TPSA) is 63.4 Å². The second-order valence-electron chi connectivity index (χ2n) is 6.97. The third kappa shape index (κ3) is 3.65. The van der Waals surface area contributed by atoms with Crippen molar-refractivity contribution in [1.29, 1.82) is 0 Å². The molecule has 1 saturated heterocycles. The molecule has 0 spiro atoms. The Labute approximate surface area is 150 Å². The molecule has 1 atom stereocenters. The molecule has 136 valence electrons. The average molecular weight is 362 g/mol. The molecule has 0 N–H and O–H groups in total. The van der Waals surface area contributed by atoms with E-state index in [2.05, 4.69) is 25.9 Å². The maximum absolute atomic E-state index is 13.1. The highest BCUT2D eigenvalue weighted by Crippen LogP contribution is 2.36. The van der Waals surface area contributed by atoms with Crippen LogP contribution in [0.3, 0.4) is 0 Å². The van der Waals surface area contributed by atoms with Crippen LogP contribution in [0.15, 0.2) is 39.8 Å². The maximum atomic E-state index is 13.1. The molecule has 1 aromatic heterocycles. The van der Waals surface area contributed by atoms with Gasteiger partial charge in [-0.25, -0.2) is 8.42 Å². The molecule has 2 aromatic rings. The second-order valence-corrected chi connectivity index (χ2v) is 8.86. The van der Waals surface area contributed by atoms with Gasteiger partial charge in [0.05, 0.1) is 10.9 Å². The highest BCUT2D eigenvalue weighted by Gasteiger charge is 2.37. The number of sulfonamides is 1. The molecule has 0 saturated carbocycles. The van der Waals surface area contributed by atoms with Crippen LogP contribution < -0.4 is 0 Å². The minimum Gasteiger partial charge on any atom is -0.361 e. The molecule has 1 aliphatic rings. The Balaban J connectivity index is 1.87. The van der Waals surface area contributed by atoms with Gasteiger partial charge in [-0.15, -0.1) is 0 Å². The van der Waals surface area contributed by atoms with Gasteiger partial charge in [0, 0.05) is 19.0 Å². The largest absolute Gasteiger partial charge is 0.361 e. The van der Waals surface area contributed by atoms with Crippen LogP contribution in [0.25, 0.3) is 0 Å². The van der Waals surface area contributed by atoms with Crippen molar-refractivity contribution in [3.05, 3.63) is 47.3 Å². The second kappa shape index (κ2) is 7.30. The molecular weight excluding hydrogens is 336 g/mol. The highest BCUT2D eigenvalue weighted by atomic mass is 32.2. The normalized spacial score (nSPS) is 19.0. The van der Waals surface area contributed by atoms with Gasteiger partial charge in [-0.05, 0) is 42.9 Å². The van der Waals surface area contributed by atoms with E-state index in [0.717, 1.165) is 42.7 Å². The zero-order chi connectivity index (χ0) is 18.0. The molecule has 5 nitrogen and oxygen atoms in total. The minimum atomic E-state index is -3.53. The first-order chi connectivity index (χ1) is 11.9. The van der Waals surface area contributed by atoms with Crippen LogP contribution in [-0.2, 0) is 16.4 Å². The molecular formula is C19H26N2O3S. The summed E-state index contributed by atoms with van der Waals surface area (Å²) in [5, 5.41) is 4.13. The summed E-state index contributed by atoms with van der Waals surface area (Å²) < 4.78 is 33.1.